The molecule has 0 radical (unpaired) electrons. The third-order valence-electron chi connectivity index (χ3n) is 8.26. The zero-order valence-electron chi connectivity index (χ0n) is 14.2. The van der Waals surface area contributed by atoms with Gasteiger partial charge in [0.1, 0.15) is 0 Å². The highest BCUT2D eigenvalue weighted by atomic mass is 16.1. The molecule has 3 fully saturated rings. The number of carbonyl (C=O) groups is 2. The van der Waals surface area contributed by atoms with Crippen LogP contribution in [0.1, 0.15) is 65.7 Å². The summed E-state index contributed by atoms with van der Waals surface area (Å²) in [5.41, 5.74) is 1.30. The lowest BCUT2D eigenvalue weighted by Crippen LogP contribution is -2.52. The number of allylic oxidation sites excluding steroid dienone is 1. The van der Waals surface area contributed by atoms with Gasteiger partial charge in [-0.3, -0.25) is 9.59 Å². The van der Waals surface area contributed by atoms with Crippen LogP contribution in [0.5, 0.6) is 0 Å². The van der Waals surface area contributed by atoms with Gasteiger partial charge in [-0.2, -0.15) is 0 Å². The van der Waals surface area contributed by atoms with Crippen LogP contribution in [-0.2, 0) is 9.59 Å². The lowest BCUT2D eigenvalue weighted by atomic mass is 9.46. The number of hydrogen-bond acceptors (Lipinski definition) is 2. The van der Waals surface area contributed by atoms with Crippen LogP contribution >= 0.6 is 0 Å². The van der Waals surface area contributed by atoms with Crippen molar-refractivity contribution in [1.29, 1.82) is 0 Å². The maximum absolute atomic E-state index is 12.8. The first-order valence-corrected chi connectivity index (χ1v) is 9.14. The van der Waals surface area contributed by atoms with Crippen LogP contribution in [0.4, 0.5) is 0 Å². The van der Waals surface area contributed by atoms with Gasteiger partial charge in [0.15, 0.2) is 11.6 Å². The Morgan fingerprint density at radius 3 is 2.59 bits per heavy atom. The first-order chi connectivity index (χ1) is 10.4. The molecule has 0 aromatic carbocycles. The Labute approximate surface area is 133 Å². The molecule has 2 heteroatoms. The summed E-state index contributed by atoms with van der Waals surface area (Å²) in [6, 6.07) is 0. The highest BCUT2D eigenvalue weighted by Crippen LogP contribution is 2.65. The molecule has 0 aromatic rings. The first-order valence-electron chi connectivity index (χ1n) is 9.14. The van der Waals surface area contributed by atoms with Gasteiger partial charge in [0.05, 0.1) is 0 Å². The number of hydrogen-bond donors (Lipinski definition) is 0. The minimum atomic E-state index is -0.0267. The molecule has 2 nitrogen and oxygen atoms in total. The number of rotatable bonds is 0. The molecule has 0 saturated heterocycles. The van der Waals surface area contributed by atoms with E-state index in [0.29, 0.717) is 30.1 Å². The Morgan fingerprint density at radius 1 is 1.05 bits per heavy atom. The lowest BCUT2D eigenvalue weighted by molar-refractivity contribution is -0.131. The van der Waals surface area contributed by atoms with E-state index in [1.807, 2.05) is 0 Å². The Bertz CT molecular complexity index is 574. The van der Waals surface area contributed by atoms with E-state index >= 15 is 0 Å². The van der Waals surface area contributed by atoms with Crippen molar-refractivity contribution in [1.82, 2.24) is 0 Å². The van der Waals surface area contributed by atoms with Crippen molar-refractivity contribution in [2.45, 2.75) is 65.7 Å². The van der Waals surface area contributed by atoms with Gasteiger partial charge < -0.3 is 0 Å². The summed E-state index contributed by atoms with van der Waals surface area (Å²) in [7, 11) is 0. The van der Waals surface area contributed by atoms with Gasteiger partial charge in [-0.05, 0) is 72.7 Å². The first kappa shape index (κ1) is 14.7. The van der Waals surface area contributed by atoms with Crippen LogP contribution < -0.4 is 0 Å². The molecule has 0 bridgehead atoms. The quantitative estimate of drug-likeness (QED) is 0.667. The fourth-order valence-electron chi connectivity index (χ4n) is 6.65. The van der Waals surface area contributed by atoms with Crippen molar-refractivity contribution in [2.75, 3.05) is 0 Å². The van der Waals surface area contributed by atoms with Crippen molar-refractivity contribution < 1.29 is 9.59 Å². The molecule has 0 aliphatic heterocycles. The van der Waals surface area contributed by atoms with Crippen molar-refractivity contribution in [3.63, 3.8) is 0 Å². The van der Waals surface area contributed by atoms with Crippen molar-refractivity contribution >= 4 is 11.6 Å². The second-order valence-corrected chi connectivity index (χ2v) is 8.97. The molecule has 0 spiro atoms. The third-order valence-corrected chi connectivity index (χ3v) is 8.26. The molecule has 0 amide bonds. The summed E-state index contributed by atoms with van der Waals surface area (Å²) in [6.45, 7) is 7.17. The maximum atomic E-state index is 12.8. The molecule has 4 rings (SSSR count). The van der Waals surface area contributed by atoms with Crippen LogP contribution in [0.2, 0.25) is 0 Å². The normalized spacial score (nSPS) is 51.0. The van der Waals surface area contributed by atoms with Gasteiger partial charge in [-0.1, -0.05) is 20.8 Å². The molecule has 0 heterocycles. The average Bonchev–Trinajstić information content (AvgIpc) is 2.77. The van der Waals surface area contributed by atoms with Gasteiger partial charge in [0, 0.05) is 18.4 Å². The Kier molecular flexibility index (Phi) is 3.03. The Hall–Kier alpha value is -0.920. The summed E-state index contributed by atoms with van der Waals surface area (Å²) in [5, 5.41) is 0. The van der Waals surface area contributed by atoms with E-state index in [1.54, 1.807) is 6.08 Å². The number of fused-ring (bicyclic) bond motifs is 5. The zero-order chi connectivity index (χ0) is 15.7. The Balaban J connectivity index is 1.75. The molecule has 120 valence electrons. The fraction of sp³-hybridized carbons (Fsp3) is 0.800. The minimum Gasteiger partial charge on any atom is -0.295 e. The van der Waals surface area contributed by atoms with E-state index < -0.39 is 0 Å². The predicted octanol–water partition coefficient (Wildman–Crippen LogP) is 4.33. The smallest absolute Gasteiger partial charge is 0.159 e. The molecular formula is C20H28O2. The molecule has 4 aliphatic rings. The van der Waals surface area contributed by atoms with Crippen molar-refractivity contribution in [3.05, 3.63) is 11.6 Å². The van der Waals surface area contributed by atoms with Crippen LogP contribution in [0.3, 0.4) is 0 Å². The van der Waals surface area contributed by atoms with Gasteiger partial charge in [-0.25, -0.2) is 0 Å². The molecule has 4 aliphatic carbocycles. The van der Waals surface area contributed by atoms with Crippen LogP contribution in [0, 0.1) is 34.5 Å². The van der Waals surface area contributed by atoms with Gasteiger partial charge in [-0.15, -0.1) is 0 Å². The zero-order valence-corrected chi connectivity index (χ0v) is 14.2. The largest absolute Gasteiger partial charge is 0.295 e. The van der Waals surface area contributed by atoms with E-state index in [4.69, 9.17) is 0 Å². The number of Topliss-reactive ketones (excluding diaryl/α,β-unsaturated/α-hetero) is 1. The molecular weight excluding hydrogens is 272 g/mol. The second-order valence-electron chi connectivity index (χ2n) is 8.97. The summed E-state index contributed by atoms with van der Waals surface area (Å²) in [6.07, 6.45) is 9.12. The highest BCUT2D eigenvalue weighted by Gasteiger charge is 2.59. The highest BCUT2D eigenvalue weighted by molar-refractivity contribution is 6.05. The van der Waals surface area contributed by atoms with Crippen molar-refractivity contribution in [3.8, 4) is 0 Å². The van der Waals surface area contributed by atoms with Gasteiger partial charge >= 0.3 is 0 Å². The summed E-state index contributed by atoms with van der Waals surface area (Å²) in [5.74, 6) is 3.14. The van der Waals surface area contributed by atoms with E-state index in [2.05, 4.69) is 20.8 Å². The molecule has 0 aromatic heterocycles. The third kappa shape index (κ3) is 1.73. The van der Waals surface area contributed by atoms with Crippen LogP contribution in [0.25, 0.3) is 0 Å². The fourth-order valence-corrected chi connectivity index (χ4v) is 6.65. The maximum Gasteiger partial charge on any atom is 0.159 e. The molecule has 22 heavy (non-hydrogen) atoms. The summed E-state index contributed by atoms with van der Waals surface area (Å²) in [4.78, 5) is 24.6. The standard InChI is InChI=1S/C20H28O2/c1-12-4-5-15-14-11-18(22)17-10-13(21)6-8-20(17,3)16(14)7-9-19(12,15)2/h10,12,14-16H,4-9,11H2,1-3H3/t12?,14-,15-,16-,19+,20+/m0/s1. The average molecular weight is 300 g/mol. The van der Waals surface area contributed by atoms with Gasteiger partial charge in [0.25, 0.3) is 0 Å². The molecule has 6 atom stereocenters. The van der Waals surface area contributed by atoms with Gasteiger partial charge in [0.2, 0.25) is 0 Å². The second kappa shape index (κ2) is 4.55. The van der Waals surface area contributed by atoms with Crippen LogP contribution in [0.15, 0.2) is 11.6 Å². The minimum absolute atomic E-state index is 0.0267. The Morgan fingerprint density at radius 2 is 1.82 bits per heavy atom. The predicted molar refractivity (Wildman–Crippen MR) is 86.3 cm³/mol. The van der Waals surface area contributed by atoms with E-state index in [1.165, 1.54) is 25.7 Å². The van der Waals surface area contributed by atoms with Crippen LogP contribution in [-0.4, -0.2) is 11.6 Å². The topological polar surface area (TPSA) is 34.1 Å². The monoisotopic (exact) mass is 300 g/mol. The number of ketones is 2. The van der Waals surface area contributed by atoms with E-state index in [-0.39, 0.29) is 17.0 Å². The molecule has 3 saturated carbocycles. The van der Waals surface area contributed by atoms with E-state index in [0.717, 1.165) is 23.8 Å². The lowest BCUT2D eigenvalue weighted by Gasteiger charge is -2.57. The molecule has 0 N–H and O–H groups in total. The van der Waals surface area contributed by atoms with Crippen molar-refractivity contribution in [2.24, 2.45) is 34.5 Å². The SMILES string of the molecule is CC1CC[C@H]2[C@@H]3CC(=O)C4=CC(=O)CC[C@]4(C)[C@H]3CC[C@]12C. The molecule has 1 unspecified atom stereocenters. The summed E-state index contributed by atoms with van der Waals surface area (Å²) >= 11 is 0. The summed E-state index contributed by atoms with van der Waals surface area (Å²) < 4.78 is 0. The van der Waals surface area contributed by atoms with E-state index in [9.17, 15) is 9.59 Å². The number of carbonyl (C=O) groups excluding carboxylic acids is 2.